The molecule has 1 aliphatic heterocycles. The van der Waals surface area contributed by atoms with Crippen LogP contribution in [0.2, 0.25) is 0 Å². The number of hydrogen-bond donors (Lipinski definition) is 1. The lowest BCUT2D eigenvalue weighted by Crippen LogP contribution is -2.43. The highest BCUT2D eigenvalue weighted by Gasteiger charge is 2.42. The van der Waals surface area contributed by atoms with Crippen molar-refractivity contribution in [2.75, 3.05) is 0 Å². The van der Waals surface area contributed by atoms with Gasteiger partial charge >= 0.3 is 10.1 Å². The summed E-state index contributed by atoms with van der Waals surface area (Å²) in [7, 11) is -3.99. The minimum atomic E-state index is -3.99. The van der Waals surface area contributed by atoms with Crippen LogP contribution in [0.3, 0.4) is 0 Å². The molecule has 0 saturated heterocycles. The fraction of sp³-hybridized carbons (Fsp3) is 0.278. The first-order valence-electron chi connectivity index (χ1n) is 7.66. The number of carbonyl (C=O) groups is 1. The maximum atomic E-state index is 12.3. The lowest BCUT2D eigenvalue weighted by molar-refractivity contribution is -0.0139. The van der Waals surface area contributed by atoms with Gasteiger partial charge in [0.1, 0.15) is 22.0 Å². The molecule has 0 aliphatic carbocycles. The summed E-state index contributed by atoms with van der Waals surface area (Å²) in [4.78, 5) is 12.3. The molecule has 0 saturated carbocycles. The average molecular weight is 362 g/mol. The molecule has 0 amide bonds. The van der Waals surface area contributed by atoms with E-state index in [1.54, 1.807) is 12.1 Å². The highest BCUT2D eigenvalue weighted by atomic mass is 32.2. The smallest absolute Gasteiger partial charge is 0.339 e. The predicted molar refractivity (Wildman–Crippen MR) is 90.5 cm³/mol. The minimum Gasteiger partial charge on any atom is -0.478 e. The van der Waals surface area contributed by atoms with Gasteiger partial charge in [-0.05, 0) is 45.0 Å². The van der Waals surface area contributed by atoms with E-state index >= 15 is 0 Å². The van der Waals surface area contributed by atoms with Gasteiger partial charge in [-0.3, -0.25) is 4.79 Å². The third kappa shape index (κ3) is 3.38. The summed E-state index contributed by atoms with van der Waals surface area (Å²) in [6.07, 6.45) is -1.04. The number of rotatable bonds is 4. The van der Waals surface area contributed by atoms with Crippen LogP contribution in [0.1, 0.15) is 29.8 Å². The average Bonchev–Trinajstić information content (AvgIpc) is 2.84. The van der Waals surface area contributed by atoms with Gasteiger partial charge in [0.25, 0.3) is 0 Å². The summed E-state index contributed by atoms with van der Waals surface area (Å²) in [6.45, 7) is 4.80. The Labute approximate surface area is 146 Å². The van der Waals surface area contributed by atoms with Gasteiger partial charge in [0.05, 0.1) is 5.56 Å². The maximum Gasteiger partial charge on any atom is 0.339 e. The molecule has 0 bridgehead atoms. The molecule has 7 heteroatoms. The SMILES string of the molecule is Cc1ccc(S(=O)(=O)Oc2ccc3c(c2)OC(C(C)(C)O)C3=O)cc1. The Morgan fingerprint density at radius 1 is 1.12 bits per heavy atom. The summed E-state index contributed by atoms with van der Waals surface area (Å²) >= 11 is 0. The highest BCUT2D eigenvalue weighted by molar-refractivity contribution is 7.87. The molecule has 25 heavy (non-hydrogen) atoms. The first kappa shape index (κ1) is 17.4. The van der Waals surface area contributed by atoms with E-state index in [-0.39, 0.29) is 27.7 Å². The van der Waals surface area contributed by atoms with E-state index < -0.39 is 21.8 Å². The van der Waals surface area contributed by atoms with Crippen LogP contribution in [-0.4, -0.2) is 31.0 Å². The van der Waals surface area contributed by atoms with E-state index in [0.717, 1.165) is 5.56 Å². The van der Waals surface area contributed by atoms with Gasteiger partial charge < -0.3 is 14.0 Å². The van der Waals surface area contributed by atoms with Crippen molar-refractivity contribution in [3.8, 4) is 11.5 Å². The lowest BCUT2D eigenvalue weighted by atomic mass is 9.96. The van der Waals surface area contributed by atoms with Crippen molar-refractivity contribution in [3.05, 3.63) is 53.6 Å². The van der Waals surface area contributed by atoms with Crippen LogP contribution < -0.4 is 8.92 Å². The summed E-state index contributed by atoms with van der Waals surface area (Å²) in [6, 6.07) is 10.4. The van der Waals surface area contributed by atoms with Crippen molar-refractivity contribution in [2.24, 2.45) is 0 Å². The molecular weight excluding hydrogens is 344 g/mol. The molecule has 3 rings (SSSR count). The van der Waals surface area contributed by atoms with Gasteiger partial charge in [-0.2, -0.15) is 8.42 Å². The Bertz CT molecular complexity index is 923. The van der Waals surface area contributed by atoms with E-state index in [0.29, 0.717) is 0 Å². The van der Waals surface area contributed by atoms with Crippen molar-refractivity contribution in [2.45, 2.75) is 37.4 Å². The fourth-order valence-corrected chi connectivity index (χ4v) is 3.44. The zero-order valence-corrected chi connectivity index (χ0v) is 14.8. The van der Waals surface area contributed by atoms with Crippen LogP contribution >= 0.6 is 0 Å². The van der Waals surface area contributed by atoms with E-state index in [1.807, 2.05) is 6.92 Å². The van der Waals surface area contributed by atoms with Crippen molar-refractivity contribution >= 4 is 15.9 Å². The van der Waals surface area contributed by atoms with Crippen molar-refractivity contribution < 1.29 is 27.2 Å². The second-order valence-electron chi connectivity index (χ2n) is 6.52. The highest BCUT2D eigenvalue weighted by Crippen LogP contribution is 2.36. The number of fused-ring (bicyclic) bond motifs is 1. The number of Topliss-reactive ketones (excluding diaryl/α,β-unsaturated/α-hetero) is 1. The number of aliphatic hydroxyl groups is 1. The number of aryl methyl sites for hydroxylation is 1. The second-order valence-corrected chi connectivity index (χ2v) is 8.07. The first-order valence-corrected chi connectivity index (χ1v) is 9.07. The number of carbonyl (C=O) groups excluding carboxylic acids is 1. The summed E-state index contributed by atoms with van der Waals surface area (Å²) in [5, 5.41) is 10.0. The topological polar surface area (TPSA) is 89.9 Å². The van der Waals surface area contributed by atoms with Crippen molar-refractivity contribution in [1.82, 2.24) is 0 Å². The van der Waals surface area contributed by atoms with E-state index in [4.69, 9.17) is 8.92 Å². The third-order valence-corrected chi connectivity index (χ3v) is 5.12. The molecule has 1 aliphatic rings. The summed E-state index contributed by atoms with van der Waals surface area (Å²) in [5.41, 5.74) is -0.140. The monoisotopic (exact) mass is 362 g/mol. The predicted octanol–water partition coefficient (Wildman–Crippen LogP) is 2.48. The van der Waals surface area contributed by atoms with Gasteiger partial charge in [-0.15, -0.1) is 0 Å². The van der Waals surface area contributed by atoms with Gasteiger partial charge in [0.15, 0.2) is 6.10 Å². The molecule has 0 aromatic heterocycles. The van der Waals surface area contributed by atoms with Crippen LogP contribution in [0.5, 0.6) is 11.5 Å². The molecular formula is C18H18O6S. The van der Waals surface area contributed by atoms with Gasteiger partial charge in [-0.25, -0.2) is 0 Å². The quantitative estimate of drug-likeness (QED) is 0.841. The number of ether oxygens (including phenoxy) is 1. The molecule has 0 radical (unpaired) electrons. The Hall–Kier alpha value is -2.38. The second kappa shape index (κ2) is 5.86. The third-order valence-electron chi connectivity index (χ3n) is 3.86. The fourth-order valence-electron chi connectivity index (χ4n) is 2.52. The minimum absolute atomic E-state index is 0.0310. The molecule has 1 heterocycles. The van der Waals surface area contributed by atoms with Gasteiger partial charge in [0, 0.05) is 6.07 Å². The molecule has 6 nitrogen and oxygen atoms in total. The zero-order chi connectivity index (χ0) is 18.4. The molecule has 0 fully saturated rings. The van der Waals surface area contributed by atoms with Crippen LogP contribution in [-0.2, 0) is 10.1 Å². The first-order chi connectivity index (χ1) is 11.6. The van der Waals surface area contributed by atoms with E-state index in [9.17, 15) is 18.3 Å². The number of benzene rings is 2. The molecule has 2 aromatic carbocycles. The van der Waals surface area contributed by atoms with Crippen molar-refractivity contribution in [3.63, 3.8) is 0 Å². The lowest BCUT2D eigenvalue weighted by Gasteiger charge is -2.23. The van der Waals surface area contributed by atoms with Gasteiger partial charge in [0.2, 0.25) is 5.78 Å². The van der Waals surface area contributed by atoms with Crippen molar-refractivity contribution in [1.29, 1.82) is 0 Å². The molecule has 2 aromatic rings. The van der Waals surface area contributed by atoms with E-state index in [2.05, 4.69) is 0 Å². The normalized spacial score (nSPS) is 17.1. The standard InChI is InChI=1S/C18H18O6S/c1-11-4-7-13(8-5-11)25(21,22)24-12-6-9-14-15(10-12)23-17(16(14)19)18(2,3)20/h4-10,17,20H,1-3H3. The zero-order valence-electron chi connectivity index (χ0n) is 14.0. The maximum absolute atomic E-state index is 12.3. The molecule has 1 atom stereocenters. The number of hydrogen-bond acceptors (Lipinski definition) is 6. The Morgan fingerprint density at radius 2 is 1.76 bits per heavy atom. The summed E-state index contributed by atoms with van der Waals surface area (Å²) in [5.74, 6) is -0.132. The molecule has 1 N–H and O–H groups in total. The van der Waals surface area contributed by atoms with E-state index in [1.165, 1.54) is 44.2 Å². The van der Waals surface area contributed by atoms with Crippen LogP contribution in [0.25, 0.3) is 0 Å². The Kier molecular flexibility index (Phi) is 4.09. The molecule has 132 valence electrons. The largest absolute Gasteiger partial charge is 0.478 e. The van der Waals surface area contributed by atoms with Crippen LogP contribution in [0.15, 0.2) is 47.4 Å². The Balaban J connectivity index is 1.87. The summed E-state index contributed by atoms with van der Waals surface area (Å²) < 4.78 is 35.3. The van der Waals surface area contributed by atoms with Crippen LogP contribution in [0, 0.1) is 6.92 Å². The molecule has 0 spiro atoms. The molecule has 1 unspecified atom stereocenters. The Morgan fingerprint density at radius 3 is 2.36 bits per heavy atom. The van der Waals surface area contributed by atoms with Crippen LogP contribution in [0.4, 0.5) is 0 Å². The van der Waals surface area contributed by atoms with Gasteiger partial charge in [-0.1, -0.05) is 17.7 Å². The number of ketones is 1.